The summed E-state index contributed by atoms with van der Waals surface area (Å²) in [5.41, 5.74) is 3.17. The number of aliphatic hydroxyl groups excluding tert-OH is 2. The van der Waals surface area contributed by atoms with Crippen LogP contribution in [0.25, 0.3) is 0 Å². The van der Waals surface area contributed by atoms with Crippen molar-refractivity contribution in [2.24, 2.45) is 0 Å². The average molecular weight is 287 g/mol. The Labute approximate surface area is 124 Å². The highest BCUT2D eigenvalue weighted by Gasteiger charge is 2.51. The second-order valence-corrected chi connectivity index (χ2v) is 6.43. The molecule has 1 aromatic carbocycles. The third-order valence-corrected chi connectivity index (χ3v) is 5.13. The Bertz CT molecular complexity index is 610. The Morgan fingerprint density at radius 2 is 2.29 bits per heavy atom. The number of aliphatic hydroxyl groups is 2. The third kappa shape index (κ3) is 1.79. The van der Waals surface area contributed by atoms with Gasteiger partial charge in [-0.05, 0) is 25.5 Å². The minimum absolute atomic E-state index is 0.0361. The minimum atomic E-state index is -0.549. The van der Waals surface area contributed by atoms with Crippen molar-refractivity contribution >= 4 is 0 Å². The number of nitrogens with one attached hydrogen (secondary N) is 1. The van der Waals surface area contributed by atoms with Gasteiger partial charge in [0.05, 0.1) is 17.6 Å². The van der Waals surface area contributed by atoms with E-state index in [-0.39, 0.29) is 11.5 Å². The second kappa shape index (κ2) is 4.57. The van der Waals surface area contributed by atoms with Crippen molar-refractivity contribution in [3.63, 3.8) is 0 Å². The zero-order valence-corrected chi connectivity index (χ0v) is 12.2. The molecule has 1 spiro atoms. The molecule has 0 fully saturated rings. The Kier molecular flexibility index (Phi) is 2.89. The van der Waals surface area contributed by atoms with Gasteiger partial charge in [0.15, 0.2) is 0 Å². The normalized spacial score (nSPS) is 34.6. The number of ether oxygens (including phenoxy) is 1. The van der Waals surface area contributed by atoms with Gasteiger partial charge < -0.3 is 20.3 Å². The molecular formula is C17H21NO3. The Balaban J connectivity index is 1.96. The zero-order chi connectivity index (χ0) is 14.6. The molecule has 0 radical (unpaired) electrons. The van der Waals surface area contributed by atoms with Gasteiger partial charge in [-0.1, -0.05) is 24.3 Å². The van der Waals surface area contributed by atoms with Crippen LogP contribution in [0.3, 0.4) is 0 Å². The summed E-state index contributed by atoms with van der Waals surface area (Å²) in [5.74, 6) is 0.843. The quantitative estimate of drug-likeness (QED) is 0.686. The van der Waals surface area contributed by atoms with Crippen LogP contribution < -0.4 is 10.1 Å². The summed E-state index contributed by atoms with van der Waals surface area (Å²) >= 11 is 0. The predicted octanol–water partition coefficient (Wildman–Crippen LogP) is 1.55. The predicted molar refractivity (Wildman–Crippen MR) is 79.3 cm³/mol. The van der Waals surface area contributed by atoms with E-state index in [0.29, 0.717) is 6.42 Å². The van der Waals surface area contributed by atoms with Gasteiger partial charge in [0.2, 0.25) is 0 Å². The van der Waals surface area contributed by atoms with Crippen molar-refractivity contribution in [3.8, 4) is 5.75 Å². The van der Waals surface area contributed by atoms with Crippen LogP contribution in [0.5, 0.6) is 5.75 Å². The van der Waals surface area contributed by atoms with E-state index in [0.717, 1.165) is 30.8 Å². The summed E-state index contributed by atoms with van der Waals surface area (Å²) < 4.78 is 6.25. The number of benzene rings is 1. The summed E-state index contributed by atoms with van der Waals surface area (Å²) in [5, 5.41) is 23.5. The van der Waals surface area contributed by atoms with Crippen LogP contribution in [0.2, 0.25) is 0 Å². The van der Waals surface area contributed by atoms with Gasteiger partial charge in [0.25, 0.3) is 0 Å². The second-order valence-electron chi connectivity index (χ2n) is 6.43. The standard InChI is InChI=1S/C17H21NO3/c1-10(19)13-3-2-11-9-18-7-6-17-5-4-12(20)8-14(17)21-16(13)15(11)17/h2-5,10,12,14,18-20H,6-9H2,1H3/t10?,12-,14?,17?/m0/s1. The number of rotatable bonds is 1. The van der Waals surface area contributed by atoms with E-state index in [2.05, 4.69) is 17.5 Å². The van der Waals surface area contributed by atoms with Gasteiger partial charge in [-0.25, -0.2) is 0 Å². The van der Waals surface area contributed by atoms with E-state index >= 15 is 0 Å². The molecule has 0 amide bonds. The van der Waals surface area contributed by atoms with Crippen LogP contribution in [0.1, 0.15) is 42.6 Å². The molecule has 4 atom stereocenters. The molecule has 4 nitrogen and oxygen atoms in total. The Hall–Kier alpha value is -1.36. The highest BCUT2D eigenvalue weighted by atomic mass is 16.5. The SMILES string of the molecule is CC(O)c1ccc2c3c1OC1C[C@@H](O)C=CC31CCNC2. The van der Waals surface area contributed by atoms with Crippen LogP contribution in [-0.4, -0.2) is 29.0 Å². The molecule has 3 unspecified atom stereocenters. The fourth-order valence-corrected chi connectivity index (χ4v) is 4.08. The van der Waals surface area contributed by atoms with Crippen molar-refractivity contribution in [3.05, 3.63) is 41.0 Å². The summed E-state index contributed by atoms with van der Waals surface area (Å²) in [6, 6.07) is 4.07. The van der Waals surface area contributed by atoms with Crippen LogP contribution in [-0.2, 0) is 12.0 Å². The van der Waals surface area contributed by atoms with E-state index in [4.69, 9.17) is 4.74 Å². The molecule has 1 aromatic rings. The lowest BCUT2D eigenvalue weighted by atomic mass is 9.69. The first-order valence-corrected chi connectivity index (χ1v) is 7.71. The lowest BCUT2D eigenvalue weighted by molar-refractivity contribution is 0.0843. The van der Waals surface area contributed by atoms with Crippen molar-refractivity contribution in [2.45, 2.75) is 50.0 Å². The van der Waals surface area contributed by atoms with Gasteiger partial charge >= 0.3 is 0 Å². The van der Waals surface area contributed by atoms with Crippen molar-refractivity contribution in [1.82, 2.24) is 5.32 Å². The molecule has 21 heavy (non-hydrogen) atoms. The van der Waals surface area contributed by atoms with E-state index in [9.17, 15) is 10.2 Å². The van der Waals surface area contributed by atoms with Gasteiger partial charge in [0.1, 0.15) is 11.9 Å². The molecule has 0 aromatic heterocycles. The first-order chi connectivity index (χ1) is 10.1. The van der Waals surface area contributed by atoms with Gasteiger partial charge in [-0.3, -0.25) is 0 Å². The van der Waals surface area contributed by atoms with Crippen molar-refractivity contribution in [1.29, 1.82) is 0 Å². The maximum absolute atomic E-state index is 10.0. The summed E-state index contributed by atoms with van der Waals surface area (Å²) in [7, 11) is 0. The van der Waals surface area contributed by atoms with Crippen LogP contribution in [0, 0.1) is 0 Å². The van der Waals surface area contributed by atoms with Crippen LogP contribution in [0.4, 0.5) is 0 Å². The van der Waals surface area contributed by atoms with E-state index in [1.165, 1.54) is 11.1 Å². The molecule has 112 valence electrons. The van der Waals surface area contributed by atoms with E-state index in [1.54, 1.807) is 6.92 Å². The molecule has 2 heterocycles. The maximum Gasteiger partial charge on any atom is 0.130 e. The number of hydrogen-bond donors (Lipinski definition) is 3. The lowest BCUT2D eigenvalue weighted by Crippen LogP contribution is -2.42. The van der Waals surface area contributed by atoms with Crippen LogP contribution >= 0.6 is 0 Å². The molecule has 3 aliphatic rings. The molecule has 1 aliphatic carbocycles. The highest BCUT2D eigenvalue weighted by Crippen LogP contribution is 2.53. The van der Waals surface area contributed by atoms with E-state index in [1.807, 2.05) is 12.1 Å². The fraction of sp³-hybridized carbons (Fsp3) is 0.529. The maximum atomic E-state index is 10.0. The molecule has 2 aliphatic heterocycles. The minimum Gasteiger partial charge on any atom is -0.488 e. The lowest BCUT2D eigenvalue weighted by Gasteiger charge is -2.35. The largest absolute Gasteiger partial charge is 0.488 e. The highest BCUT2D eigenvalue weighted by molar-refractivity contribution is 5.58. The molecule has 4 heteroatoms. The first-order valence-electron chi connectivity index (χ1n) is 7.71. The van der Waals surface area contributed by atoms with Crippen molar-refractivity contribution in [2.75, 3.05) is 6.54 Å². The average Bonchev–Trinajstić information content (AvgIpc) is 2.65. The number of hydrogen-bond acceptors (Lipinski definition) is 4. The first kappa shape index (κ1) is 13.3. The molecule has 3 N–H and O–H groups in total. The van der Waals surface area contributed by atoms with Gasteiger partial charge in [0, 0.05) is 24.1 Å². The Morgan fingerprint density at radius 3 is 3.10 bits per heavy atom. The fourth-order valence-electron chi connectivity index (χ4n) is 4.08. The topological polar surface area (TPSA) is 61.7 Å². The smallest absolute Gasteiger partial charge is 0.130 e. The molecular weight excluding hydrogens is 266 g/mol. The summed E-state index contributed by atoms with van der Waals surface area (Å²) in [6.07, 6.45) is 4.59. The summed E-state index contributed by atoms with van der Waals surface area (Å²) in [6.45, 7) is 3.53. The van der Waals surface area contributed by atoms with E-state index < -0.39 is 12.2 Å². The van der Waals surface area contributed by atoms with Crippen LogP contribution in [0.15, 0.2) is 24.3 Å². The monoisotopic (exact) mass is 287 g/mol. The molecule has 0 saturated carbocycles. The van der Waals surface area contributed by atoms with Crippen molar-refractivity contribution < 1.29 is 14.9 Å². The molecule has 0 bridgehead atoms. The molecule has 4 rings (SSSR count). The molecule has 0 saturated heterocycles. The zero-order valence-electron chi connectivity index (χ0n) is 12.2. The van der Waals surface area contributed by atoms with Gasteiger partial charge in [-0.2, -0.15) is 0 Å². The summed E-state index contributed by atoms with van der Waals surface area (Å²) in [4.78, 5) is 0. The van der Waals surface area contributed by atoms with Gasteiger partial charge in [-0.15, -0.1) is 0 Å². The Morgan fingerprint density at radius 1 is 1.43 bits per heavy atom. The third-order valence-electron chi connectivity index (χ3n) is 5.13.